The lowest BCUT2D eigenvalue weighted by Gasteiger charge is -2.48. The van der Waals surface area contributed by atoms with Crippen molar-refractivity contribution >= 4 is 17.4 Å². The quantitative estimate of drug-likeness (QED) is 0.602. The normalized spacial score (nSPS) is 24.4. The summed E-state index contributed by atoms with van der Waals surface area (Å²) in [6.45, 7) is 8.48. The highest BCUT2D eigenvalue weighted by molar-refractivity contribution is 6.01. The lowest BCUT2D eigenvalue weighted by atomic mass is 9.59. The number of carbonyl (C=O) groups excluding carboxylic acids is 2. The molecule has 2 aromatic carbocycles. The first-order valence-electron chi connectivity index (χ1n) is 12.3. The second kappa shape index (κ2) is 8.59. The third-order valence-corrected chi connectivity index (χ3v) is 7.52. The number of azo groups is 1. The second-order valence-electron chi connectivity index (χ2n) is 10.6. The van der Waals surface area contributed by atoms with Gasteiger partial charge in [0, 0.05) is 35.9 Å². The van der Waals surface area contributed by atoms with Crippen LogP contribution in [0.15, 0.2) is 87.9 Å². The van der Waals surface area contributed by atoms with Crippen LogP contribution in [0, 0.1) is 5.41 Å². The largest absolute Gasteiger partial charge is 0.362 e. The maximum absolute atomic E-state index is 13.7. The molecule has 0 bridgehead atoms. The average molecular weight is 469 g/mol. The minimum absolute atomic E-state index is 0.0276. The van der Waals surface area contributed by atoms with Crippen molar-refractivity contribution in [1.29, 1.82) is 0 Å². The maximum Gasteiger partial charge on any atom is 0.224 e. The van der Waals surface area contributed by atoms with Crippen LogP contribution < -0.4 is 10.2 Å². The molecule has 2 aromatic rings. The first-order chi connectivity index (χ1) is 16.7. The molecule has 2 heterocycles. The highest BCUT2D eigenvalue weighted by Crippen LogP contribution is 2.54. The number of anilines is 1. The Morgan fingerprint density at radius 2 is 1.89 bits per heavy atom. The minimum atomic E-state index is -0.631. The van der Waals surface area contributed by atoms with Gasteiger partial charge in [0.15, 0.2) is 11.9 Å². The molecule has 2 aliphatic heterocycles. The number of nitrogens with zero attached hydrogens (tertiary/aromatic N) is 3. The number of allylic oxidation sites excluding steroid dienone is 2. The number of nitrogens with one attached hydrogen (secondary N) is 1. The minimum Gasteiger partial charge on any atom is -0.362 e. The molecule has 0 saturated carbocycles. The number of ketones is 1. The molecule has 2 unspecified atom stereocenters. The summed E-state index contributed by atoms with van der Waals surface area (Å²) in [6.07, 6.45) is 3.55. The molecule has 180 valence electrons. The van der Waals surface area contributed by atoms with Gasteiger partial charge in [0.05, 0.1) is 18.2 Å². The average Bonchev–Trinajstić information content (AvgIpc) is 3.29. The summed E-state index contributed by atoms with van der Waals surface area (Å²) in [7, 11) is 0. The zero-order valence-electron chi connectivity index (χ0n) is 20.8. The molecule has 6 heteroatoms. The van der Waals surface area contributed by atoms with E-state index in [9.17, 15) is 9.59 Å². The smallest absolute Gasteiger partial charge is 0.224 e. The first kappa shape index (κ1) is 23.2. The van der Waals surface area contributed by atoms with Gasteiger partial charge in [-0.2, -0.15) is 10.2 Å². The van der Waals surface area contributed by atoms with Crippen LogP contribution >= 0.6 is 0 Å². The van der Waals surface area contributed by atoms with Crippen LogP contribution in [0.1, 0.15) is 58.1 Å². The van der Waals surface area contributed by atoms with Crippen LogP contribution in [-0.4, -0.2) is 17.9 Å². The van der Waals surface area contributed by atoms with Gasteiger partial charge in [-0.05, 0) is 41.5 Å². The number of benzene rings is 2. The fourth-order valence-corrected chi connectivity index (χ4v) is 5.98. The fourth-order valence-electron chi connectivity index (χ4n) is 5.98. The molecule has 35 heavy (non-hydrogen) atoms. The summed E-state index contributed by atoms with van der Waals surface area (Å²) in [5.41, 5.74) is 4.96. The third-order valence-electron chi connectivity index (χ3n) is 7.52. The van der Waals surface area contributed by atoms with Gasteiger partial charge in [-0.1, -0.05) is 63.2 Å². The Labute approximate surface area is 206 Å². The summed E-state index contributed by atoms with van der Waals surface area (Å²) in [5.74, 6) is 0.148. The van der Waals surface area contributed by atoms with Crippen LogP contribution in [0.5, 0.6) is 0 Å². The highest BCUT2D eigenvalue weighted by Gasteiger charge is 2.53. The van der Waals surface area contributed by atoms with Gasteiger partial charge in [-0.3, -0.25) is 9.59 Å². The van der Waals surface area contributed by atoms with Crippen molar-refractivity contribution in [1.82, 2.24) is 5.32 Å². The Kier molecular flexibility index (Phi) is 5.70. The molecule has 5 rings (SSSR count). The Balaban J connectivity index is 1.65. The number of fused-ring (bicyclic) bond motifs is 1. The maximum atomic E-state index is 13.7. The summed E-state index contributed by atoms with van der Waals surface area (Å²) < 4.78 is 0. The van der Waals surface area contributed by atoms with Gasteiger partial charge in [-0.25, -0.2) is 0 Å². The summed E-state index contributed by atoms with van der Waals surface area (Å²) >= 11 is 0. The van der Waals surface area contributed by atoms with E-state index in [0.29, 0.717) is 19.4 Å². The monoisotopic (exact) mass is 468 g/mol. The van der Waals surface area contributed by atoms with Crippen molar-refractivity contribution in [3.63, 3.8) is 0 Å². The lowest BCUT2D eigenvalue weighted by Crippen LogP contribution is -2.51. The zero-order valence-corrected chi connectivity index (χ0v) is 20.8. The van der Waals surface area contributed by atoms with E-state index in [2.05, 4.69) is 48.4 Å². The summed E-state index contributed by atoms with van der Waals surface area (Å²) in [5, 5.41) is 12.2. The molecule has 1 amide bonds. The van der Waals surface area contributed by atoms with Crippen LogP contribution in [0.25, 0.3) is 0 Å². The van der Waals surface area contributed by atoms with Crippen molar-refractivity contribution in [2.24, 2.45) is 15.6 Å². The van der Waals surface area contributed by atoms with Crippen molar-refractivity contribution in [3.05, 3.63) is 88.8 Å². The van der Waals surface area contributed by atoms with Crippen molar-refractivity contribution < 1.29 is 9.59 Å². The summed E-state index contributed by atoms with van der Waals surface area (Å²) in [6, 6.07) is 18.1. The number of amides is 1. The highest BCUT2D eigenvalue weighted by atomic mass is 16.2. The van der Waals surface area contributed by atoms with E-state index in [1.54, 1.807) is 11.8 Å². The van der Waals surface area contributed by atoms with Crippen LogP contribution in [0.4, 0.5) is 5.69 Å². The molecule has 2 atom stereocenters. The van der Waals surface area contributed by atoms with Gasteiger partial charge in [-0.15, -0.1) is 0 Å². The van der Waals surface area contributed by atoms with Crippen LogP contribution in [0.3, 0.4) is 0 Å². The van der Waals surface area contributed by atoms with Crippen LogP contribution in [-0.2, 0) is 21.5 Å². The first-order valence-corrected chi connectivity index (χ1v) is 12.3. The molecule has 0 aromatic heterocycles. The van der Waals surface area contributed by atoms with E-state index < -0.39 is 5.41 Å². The number of carbonyl (C=O) groups is 2. The van der Waals surface area contributed by atoms with E-state index >= 15 is 0 Å². The van der Waals surface area contributed by atoms with Crippen molar-refractivity contribution in [2.75, 3.05) is 4.90 Å². The third kappa shape index (κ3) is 3.91. The Hall–Kier alpha value is -3.54. The Morgan fingerprint density at radius 1 is 1.11 bits per heavy atom. The molecular formula is C29H32N4O2. The number of hydrogen-bond acceptors (Lipinski definition) is 5. The second-order valence-corrected chi connectivity index (χ2v) is 10.6. The Bertz CT molecular complexity index is 1270. The summed E-state index contributed by atoms with van der Waals surface area (Å²) in [4.78, 5) is 28.2. The predicted octanol–water partition coefficient (Wildman–Crippen LogP) is 5.81. The van der Waals surface area contributed by atoms with E-state index in [1.807, 2.05) is 48.7 Å². The molecule has 0 saturated heterocycles. The van der Waals surface area contributed by atoms with Gasteiger partial charge in [0.2, 0.25) is 5.91 Å². The van der Waals surface area contributed by atoms with Gasteiger partial charge in [0.25, 0.3) is 0 Å². The van der Waals surface area contributed by atoms with Gasteiger partial charge in [0.1, 0.15) is 0 Å². The molecule has 1 aliphatic carbocycles. The molecule has 1 N–H and O–H groups in total. The van der Waals surface area contributed by atoms with Gasteiger partial charge < -0.3 is 10.2 Å². The molecule has 3 aliphatic rings. The molecule has 0 radical (unpaired) electrons. The van der Waals surface area contributed by atoms with Crippen molar-refractivity contribution in [3.8, 4) is 0 Å². The SMILES string of the molecule is CCC1(c2cccc(N(Cc3ccccc3)C(C)=O)c2)C2=CN=NC2NC2=C1C(=O)CC(C)(C)C2. The Morgan fingerprint density at radius 3 is 2.60 bits per heavy atom. The van der Waals surface area contributed by atoms with E-state index in [4.69, 9.17) is 0 Å². The number of hydrogen-bond donors (Lipinski definition) is 1. The molecular weight excluding hydrogens is 436 g/mol. The lowest BCUT2D eigenvalue weighted by molar-refractivity contribution is -0.119. The van der Waals surface area contributed by atoms with Crippen molar-refractivity contribution in [2.45, 2.75) is 65.1 Å². The fraction of sp³-hybridized carbons (Fsp3) is 0.379. The van der Waals surface area contributed by atoms with E-state index in [1.165, 1.54) is 0 Å². The standard InChI is InChI=1S/C29H32N4O2/c1-5-29(23-17-30-32-27(23)31-24-15-28(3,4)16-25(35)26(24)29)21-12-9-13-22(14-21)33(19(2)34)18-20-10-7-6-8-11-20/h6-14,17,27,31H,5,15-16,18H2,1-4H3. The van der Waals surface area contributed by atoms with Gasteiger partial charge >= 0.3 is 0 Å². The van der Waals surface area contributed by atoms with Crippen LogP contribution in [0.2, 0.25) is 0 Å². The topological polar surface area (TPSA) is 74.1 Å². The van der Waals surface area contributed by atoms with E-state index in [0.717, 1.165) is 40.1 Å². The molecule has 6 nitrogen and oxygen atoms in total. The predicted molar refractivity (Wildman–Crippen MR) is 137 cm³/mol. The number of rotatable bonds is 5. The molecule has 0 fully saturated rings. The zero-order chi connectivity index (χ0) is 24.8. The molecule has 0 spiro atoms. The number of Topliss-reactive ketones (excluding diaryl/α,β-unsaturated/α-hetero) is 1. The van der Waals surface area contributed by atoms with E-state index in [-0.39, 0.29) is 23.3 Å².